The molecule has 1 amide bonds. The fourth-order valence-corrected chi connectivity index (χ4v) is 5.95. The number of hydrogen-bond donors (Lipinski definition) is 1. The van der Waals surface area contributed by atoms with Gasteiger partial charge in [0.15, 0.2) is 14.6 Å². The first-order valence-corrected chi connectivity index (χ1v) is 11.1. The number of amides is 1. The molecule has 0 atom stereocenters. The highest BCUT2D eigenvalue weighted by Gasteiger charge is 2.53. The van der Waals surface area contributed by atoms with Gasteiger partial charge >= 0.3 is 0 Å². The van der Waals surface area contributed by atoms with E-state index in [9.17, 15) is 13.2 Å². The maximum Gasteiger partial charge on any atom is 0.246 e. The summed E-state index contributed by atoms with van der Waals surface area (Å²) in [6.45, 7) is 3.80. The van der Waals surface area contributed by atoms with Crippen molar-refractivity contribution in [3.05, 3.63) is 47.5 Å². The van der Waals surface area contributed by atoms with E-state index in [2.05, 4.69) is 5.32 Å². The van der Waals surface area contributed by atoms with Gasteiger partial charge < -0.3 is 14.8 Å². The Labute approximate surface area is 172 Å². The van der Waals surface area contributed by atoms with Crippen molar-refractivity contribution < 1.29 is 22.7 Å². The molecule has 3 rings (SSSR count). The largest absolute Gasteiger partial charge is 0.497 e. The highest BCUT2D eigenvalue weighted by molar-refractivity contribution is 7.93. The zero-order valence-electron chi connectivity index (χ0n) is 17.2. The molecular formula is C22H27NO5S. The number of sulfone groups is 1. The van der Waals surface area contributed by atoms with Crippen LogP contribution in [-0.4, -0.2) is 33.3 Å². The van der Waals surface area contributed by atoms with Crippen molar-refractivity contribution in [1.29, 1.82) is 0 Å². The maximum absolute atomic E-state index is 13.6. The molecule has 1 saturated carbocycles. The van der Waals surface area contributed by atoms with Crippen LogP contribution in [0.15, 0.2) is 41.3 Å². The van der Waals surface area contributed by atoms with Crippen molar-refractivity contribution in [3.8, 4) is 11.5 Å². The van der Waals surface area contributed by atoms with Gasteiger partial charge in [-0.05, 0) is 49.9 Å². The van der Waals surface area contributed by atoms with E-state index in [1.165, 1.54) is 14.2 Å². The molecular weight excluding hydrogens is 390 g/mol. The number of carbonyl (C=O) groups excluding carboxylic acids is 1. The molecule has 29 heavy (non-hydrogen) atoms. The summed E-state index contributed by atoms with van der Waals surface area (Å²) >= 11 is 0. The zero-order valence-corrected chi connectivity index (χ0v) is 18.1. The highest BCUT2D eigenvalue weighted by Crippen LogP contribution is 2.42. The Bertz CT molecular complexity index is 1000. The normalized spacial score (nSPS) is 15.7. The topological polar surface area (TPSA) is 81.7 Å². The molecule has 2 aromatic carbocycles. The predicted molar refractivity (Wildman–Crippen MR) is 112 cm³/mol. The third kappa shape index (κ3) is 3.83. The minimum absolute atomic E-state index is 0.195. The molecule has 1 aliphatic carbocycles. The average molecular weight is 418 g/mol. The van der Waals surface area contributed by atoms with Crippen molar-refractivity contribution in [2.24, 2.45) is 0 Å². The fraction of sp³-hybridized carbons (Fsp3) is 0.409. The number of hydrogen-bond acceptors (Lipinski definition) is 5. The number of nitrogens with one attached hydrogen (secondary N) is 1. The van der Waals surface area contributed by atoms with Crippen LogP contribution < -0.4 is 14.8 Å². The number of methoxy groups -OCH3 is 2. The van der Waals surface area contributed by atoms with Gasteiger partial charge in [0, 0.05) is 23.9 Å². The Balaban J connectivity index is 2.00. The van der Waals surface area contributed by atoms with Crippen molar-refractivity contribution >= 4 is 21.4 Å². The fourth-order valence-electron chi connectivity index (χ4n) is 3.80. The Morgan fingerprint density at radius 2 is 1.52 bits per heavy atom. The zero-order chi connectivity index (χ0) is 21.2. The lowest BCUT2D eigenvalue weighted by Gasteiger charge is -2.28. The van der Waals surface area contributed by atoms with Gasteiger partial charge in [0.1, 0.15) is 11.5 Å². The van der Waals surface area contributed by atoms with E-state index < -0.39 is 20.5 Å². The molecule has 7 heteroatoms. The van der Waals surface area contributed by atoms with Crippen LogP contribution in [0.2, 0.25) is 0 Å². The summed E-state index contributed by atoms with van der Waals surface area (Å²) in [5.41, 5.74) is 2.34. The van der Waals surface area contributed by atoms with E-state index in [1.54, 1.807) is 36.4 Å². The first kappa shape index (κ1) is 21.2. The third-order valence-electron chi connectivity index (χ3n) is 5.74. The Hall–Kier alpha value is -2.54. The van der Waals surface area contributed by atoms with Crippen LogP contribution in [0, 0.1) is 13.8 Å². The maximum atomic E-state index is 13.6. The van der Waals surface area contributed by atoms with Gasteiger partial charge in [0.2, 0.25) is 5.91 Å². The first-order chi connectivity index (χ1) is 13.7. The smallest absolute Gasteiger partial charge is 0.246 e. The van der Waals surface area contributed by atoms with Gasteiger partial charge in [-0.15, -0.1) is 0 Å². The molecule has 6 nitrogen and oxygen atoms in total. The molecule has 1 N–H and O–H groups in total. The van der Waals surface area contributed by atoms with E-state index in [1.807, 2.05) is 13.8 Å². The lowest BCUT2D eigenvalue weighted by molar-refractivity contribution is -0.118. The number of ether oxygens (including phenoxy) is 2. The molecule has 0 radical (unpaired) electrons. The monoisotopic (exact) mass is 417 g/mol. The Morgan fingerprint density at radius 1 is 0.931 bits per heavy atom. The van der Waals surface area contributed by atoms with Crippen LogP contribution in [0.1, 0.15) is 36.8 Å². The predicted octanol–water partition coefficient (Wildman–Crippen LogP) is 4.05. The number of rotatable bonds is 6. The molecule has 1 aliphatic rings. The Morgan fingerprint density at radius 3 is 2.03 bits per heavy atom. The summed E-state index contributed by atoms with van der Waals surface area (Å²) in [5.74, 6) is 0.512. The molecule has 0 saturated heterocycles. The molecule has 1 fully saturated rings. The van der Waals surface area contributed by atoms with Crippen LogP contribution in [0.4, 0.5) is 5.69 Å². The van der Waals surface area contributed by atoms with E-state index in [0.717, 1.165) is 11.1 Å². The summed E-state index contributed by atoms with van der Waals surface area (Å²) in [6, 6.07) is 10.0. The molecule has 0 unspecified atom stereocenters. The van der Waals surface area contributed by atoms with Crippen LogP contribution in [-0.2, 0) is 14.6 Å². The van der Waals surface area contributed by atoms with Gasteiger partial charge in [-0.2, -0.15) is 0 Å². The molecule has 0 aromatic heterocycles. The molecule has 2 aromatic rings. The van der Waals surface area contributed by atoms with Gasteiger partial charge in [0.05, 0.1) is 19.1 Å². The van der Waals surface area contributed by atoms with E-state index in [0.29, 0.717) is 42.9 Å². The van der Waals surface area contributed by atoms with Gasteiger partial charge in [0.25, 0.3) is 0 Å². The quantitative estimate of drug-likeness (QED) is 0.767. The Kier molecular flexibility index (Phi) is 5.89. The minimum atomic E-state index is -3.86. The average Bonchev–Trinajstić information content (AvgIpc) is 3.21. The second-order valence-electron chi connectivity index (χ2n) is 7.51. The molecule has 0 heterocycles. The standard InChI is InChI=1S/C22H27NO5S/c1-15-7-8-20(11-16(15)2)29(25,26)22(9-5-6-10-22)21(24)23-17-12-18(27-3)14-19(13-17)28-4/h7-8,11-14H,5-6,9-10H2,1-4H3,(H,23,24). The summed E-state index contributed by atoms with van der Waals surface area (Å²) in [5, 5.41) is 2.80. The lowest BCUT2D eigenvalue weighted by atomic mass is 10.1. The van der Waals surface area contributed by atoms with Crippen molar-refractivity contribution in [2.45, 2.75) is 49.2 Å². The second-order valence-corrected chi connectivity index (χ2v) is 9.77. The van der Waals surface area contributed by atoms with E-state index in [-0.39, 0.29) is 4.90 Å². The van der Waals surface area contributed by atoms with Gasteiger partial charge in [-0.1, -0.05) is 18.9 Å². The van der Waals surface area contributed by atoms with Crippen molar-refractivity contribution in [3.63, 3.8) is 0 Å². The number of anilines is 1. The summed E-state index contributed by atoms with van der Waals surface area (Å²) in [4.78, 5) is 13.5. The van der Waals surface area contributed by atoms with Crippen LogP contribution in [0.5, 0.6) is 11.5 Å². The van der Waals surface area contributed by atoms with Crippen molar-refractivity contribution in [1.82, 2.24) is 0 Å². The molecule has 0 aliphatic heterocycles. The number of carbonyl (C=O) groups is 1. The number of aryl methyl sites for hydroxylation is 2. The van der Waals surface area contributed by atoms with E-state index in [4.69, 9.17) is 9.47 Å². The first-order valence-electron chi connectivity index (χ1n) is 9.60. The van der Waals surface area contributed by atoms with Crippen LogP contribution >= 0.6 is 0 Å². The van der Waals surface area contributed by atoms with E-state index >= 15 is 0 Å². The highest BCUT2D eigenvalue weighted by atomic mass is 32.2. The summed E-state index contributed by atoms with van der Waals surface area (Å²) in [6.07, 6.45) is 1.99. The van der Waals surface area contributed by atoms with Crippen molar-refractivity contribution in [2.75, 3.05) is 19.5 Å². The number of benzene rings is 2. The second kappa shape index (κ2) is 8.06. The summed E-state index contributed by atoms with van der Waals surface area (Å²) in [7, 11) is -0.831. The third-order valence-corrected chi connectivity index (χ3v) is 8.23. The van der Waals surface area contributed by atoms with Crippen LogP contribution in [0.3, 0.4) is 0 Å². The van der Waals surface area contributed by atoms with Gasteiger partial charge in [-0.25, -0.2) is 8.42 Å². The molecule has 156 valence electrons. The molecule has 0 bridgehead atoms. The van der Waals surface area contributed by atoms with Gasteiger partial charge in [-0.3, -0.25) is 4.79 Å². The SMILES string of the molecule is COc1cc(NC(=O)C2(S(=O)(=O)c3ccc(C)c(C)c3)CCCC2)cc(OC)c1. The lowest BCUT2D eigenvalue weighted by Crippen LogP contribution is -2.47. The molecule has 0 spiro atoms. The minimum Gasteiger partial charge on any atom is -0.497 e. The summed E-state index contributed by atoms with van der Waals surface area (Å²) < 4.78 is 36.2. The van der Waals surface area contributed by atoms with Crippen LogP contribution in [0.25, 0.3) is 0 Å².